The van der Waals surface area contributed by atoms with E-state index in [4.69, 9.17) is 9.84 Å². The minimum atomic E-state index is -1.14. The van der Waals surface area contributed by atoms with Crippen molar-refractivity contribution in [1.82, 2.24) is 9.55 Å². The first-order valence-corrected chi connectivity index (χ1v) is 5.68. The summed E-state index contributed by atoms with van der Waals surface area (Å²) in [6.07, 6.45) is 1.20. The SMILES string of the molecule is COc1ccc(Cn2c(C(=O)O)c[nH]c2=O)cc1C. The van der Waals surface area contributed by atoms with Crippen molar-refractivity contribution in [2.75, 3.05) is 7.11 Å². The number of hydrogen-bond donors (Lipinski definition) is 2. The maximum absolute atomic E-state index is 11.6. The van der Waals surface area contributed by atoms with Crippen LogP contribution in [0.3, 0.4) is 0 Å². The van der Waals surface area contributed by atoms with Crippen molar-refractivity contribution in [3.63, 3.8) is 0 Å². The van der Waals surface area contributed by atoms with E-state index in [1.54, 1.807) is 19.2 Å². The second-order valence-corrected chi connectivity index (χ2v) is 4.17. The number of carbonyl (C=O) groups is 1. The zero-order valence-electron chi connectivity index (χ0n) is 10.6. The van der Waals surface area contributed by atoms with Gasteiger partial charge >= 0.3 is 11.7 Å². The van der Waals surface area contributed by atoms with E-state index in [2.05, 4.69) is 4.98 Å². The van der Waals surface area contributed by atoms with E-state index >= 15 is 0 Å². The van der Waals surface area contributed by atoms with Crippen LogP contribution >= 0.6 is 0 Å². The highest BCUT2D eigenvalue weighted by atomic mass is 16.5. The Balaban J connectivity index is 2.36. The number of nitrogens with one attached hydrogen (secondary N) is 1. The lowest BCUT2D eigenvalue weighted by Gasteiger charge is -2.08. The van der Waals surface area contributed by atoms with Gasteiger partial charge in [0, 0.05) is 6.20 Å². The topological polar surface area (TPSA) is 84.3 Å². The molecule has 100 valence electrons. The minimum Gasteiger partial charge on any atom is -0.496 e. The van der Waals surface area contributed by atoms with Gasteiger partial charge in [0.15, 0.2) is 0 Å². The van der Waals surface area contributed by atoms with Crippen molar-refractivity contribution in [3.05, 3.63) is 51.7 Å². The average molecular weight is 262 g/mol. The summed E-state index contributed by atoms with van der Waals surface area (Å²) in [4.78, 5) is 24.9. The minimum absolute atomic E-state index is 0.0570. The molecule has 0 spiro atoms. The summed E-state index contributed by atoms with van der Waals surface area (Å²) in [5, 5.41) is 8.99. The van der Waals surface area contributed by atoms with Gasteiger partial charge in [-0.25, -0.2) is 9.59 Å². The van der Waals surface area contributed by atoms with Crippen LogP contribution in [-0.4, -0.2) is 27.7 Å². The van der Waals surface area contributed by atoms with Crippen LogP contribution < -0.4 is 10.4 Å². The van der Waals surface area contributed by atoms with Crippen LogP contribution in [0.2, 0.25) is 0 Å². The Kier molecular flexibility index (Phi) is 3.41. The van der Waals surface area contributed by atoms with Crippen LogP contribution in [0, 0.1) is 6.92 Å². The quantitative estimate of drug-likeness (QED) is 0.868. The lowest BCUT2D eigenvalue weighted by Crippen LogP contribution is -2.21. The summed E-state index contributed by atoms with van der Waals surface area (Å²) >= 11 is 0. The monoisotopic (exact) mass is 262 g/mol. The van der Waals surface area contributed by atoms with Gasteiger partial charge in [0.2, 0.25) is 0 Å². The molecule has 1 aromatic carbocycles. The molecule has 1 aromatic heterocycles. The summed E-state index contributed by atoms with van der Waals surface area (Å²) in [5.41, 5.74) is 1.27. The maximum Gasteiger partial charge on any atom is 0.354 e. The Morgan fingerprint density at radius 2 is 2.21 bits per heavy atom. The second-order valence-electron chi connectivity index (χ2n) is 4.17. The highest BCUT2D eigenvalue weighted by Crippen LogP contribution is 2.19. The Hall–Kier alpha value is -2.50. The molecular weight excluding hydrogens is 248 g/mol. The van der Waals surface area contributed by atoms with Crippen molar-refractivity contribution in [2.45, 2.75) is 13.5 Å². The number of ether oxygens (including phenoxy) is 1. The van der Waals surface area contributed by atoms with Crippen LogP contribution in [0.1, 0.15) is 21.6 Å². The molecule has 1 heterocycles. The number of imidazole rings is 1. The highest BCUT2D eigenvalue weighted by molar-refractivity contribution is 5.85. The van der Waals surface area contributed by atoms with Gasteiger partial charge in [-0.2, -0.15) is 0 Å². The fraction of sp³-hybridized carbons (Fsp3) is 0.231. The second kappa shape index (κ2) is 5.01. The Labute approximate surface area is 109 Å². The van der Waals surface area contributed by atoms with Crippen molar-refractivity contribution in [3.8, 4) is 5.75 Å². The largest absolute Gasteiger partial charge is 0.496 e. The van der Waals surface area contributed by atoms with Gasteiger partial charge in [-0.3, -0.25) is 4.57 Å². The van der Waals surface area contributed by atoms with E-state index in [0.29, 0.717) is 0 Å². The molecule has 2 aromatic rings. The lowest BCUT2D eigenvalue weighted by molar-refractivity contribution is 0.0685. The van der Waals surface area contributed by atoms with E-state index in [1.165, 1.54) is 10.8 Å². The molecule has 0 atom stereocenters. The summed E-state index contributed by atoms with van der Waals surface area (Å²) in [6, 6.07) is 5.46. The van der Waals surface area contributed by atoms with Gasteiger partial charge < -0.3 is 14.8 Å². The summed E-state index contributed by atoms with van der Waals surface area (Å²) in [7, 11) is 1.58. The molecule has 2 N–H and O–H groups in total. The highest BCUT2D eigenvalue weighted by Gasteiger charge is 2.13. The van der Waals surface area contributed by atoms with E-state index in [0.717, 1.165) is 16.9 Å². The smallest absolute Gasteiger partial charge is 0.354 e. The van der Waals surface area contributed by atoms with Gasteiger partial charge in [-0.15, -0.1) is 0 Å². The van der Waals surface area contributed by atoms with Crippen molar-refractivity contribution < 1.29 is 14.6 Å². The number of benzene rings is 1. The molecule has 0 saturated carbocycles. The molecule has 19 heavy (non-hydrogen) atoms. The van der Waals surface area contributed by atoms with Crippen LogP contribution in [0.15, 0.2) is 29.2 Å². The molecule has 6 nitrogen and oxygen atoms in total. The van der Waals surface area contributed by atoms with Gasteiger partial charge in [0.05, 0.1) is 13.7 Å². The fourth-order valence-electron chi connectivity index (χ4n) is 1.95. The summed E-state index contributed by atoms with van der Waals surface area (Å²) < 4.78 is 6.34. The number of aromatic carboxylic acids is 1. The van der Waals surface area contributed by atoms with Crippen molar-refractivity contribution >= 4 is 5.97 Å². The van der Waals surface area contributed by atoms with Crippen LogP contribution in [0.5, 0.6) is 5.75 Å². The van der Waals surface area contributed by atoms with Crippen LogP contribution in [-0.2, 0) is 6.54 Å². The molecular formula is C13H14N2O4. The number of methoxy groups -OCH3 is 1. The fourth-order valence-corrected chi connectivity index (χ4v) is 1.95. The van der Waals surface area contributed by atoms with E-state index in [-0.39, 0.29) is 12.2 Å². The zero-order valence-corrected chi connectivity index (χ0v) is 10.6. The number of hydrogen-bond acceptors (Lipinski definition) is 3. The standard InChI is InChI=1S/C13H14N2O4/c1-8-5-9(3-4-11(8)19-2)7-15-10(12(16)17)6-14-13(15)18/h3-6H,7H2,1-2H3,(H,14,18)(H,16,17). The van der Waals surface area contributed by atoms with Crippen LogP contribution in [0.25, 0.3) is 0 Å². The van der Waals surface area contributed by atoms with E-state index in [9.17, 15) is 9.59 Å². The number of H-pyrrole nitrogens is 1. The first kappa shape index (κ1) is 12.9. The average Bonchev–Trinajstić information content (AvgIpc) is 2.71. The Bertz CT molecular complexity index is 670. The Morgan fingerprint density at radius 1 is 1.47 bits per heavy atom. The number of nitrogens with zero attached hydrogens (tertiary/aromatic N) is 1. The number of aromatic nitrogens is 2. The number of aryl methyl sites for hydroxylation is 1. The molecule has 6 heteroatoms. The molecule has 2 rings (SSSR count). The third-order valence-electron chi connectivity index (χ3n) is 2.89. The van der Waals surface area contributed by atoms with Crippen molar-refractivity contribution in [2.24, 2.45) is 0 Å². The molecule has 0 unspecified atom stereocenters. The van der Waals surface area contributed by atoms with Crippen LogP contribution in [0.4, 0.5) is 0 Å². The third-order valence-corrected chi connectivity index (χ3v) is 2.89. The lowest BCUT2D eigenvalue weighted by atomic mass is 10.1. The third kappa shape index (κ3) is 2.52. The van der Waals surface area contributed by atoms with Crippen molar-refractivity contribution in [1.29, 1.82) is 0 Å². The maximum atomic E-state index is 11.6. The molecule has 0 amide bonds. The molecule has 0 radical (unpaired) electrons. The molecule has 0 aliphatic heterocycles. The molecule has 0 aliphatic rings. The number of carboxylic acid groups (broad SMARTS) is 1. The van der Waals surface area contributed by atoms with E-state index in [1.807, 2.05) is 13.0 Å². The predicted octanol–water partition coefficient (Wildman–Crippen LogP) is 1.24. The number of rotatable bonds is 4. The zero-order chi connectivity index (χ0) is 14.0. The molecule has 0 saturated heterocycles. The summed E-state index contributed by atoms with van der Waals surface area (Å²) in [5.74, 6) is -0.382. The van der Waals surface area contributed by atoms with Gasteiger partial charge in [0.25, 0.3) is 0 Å². The first-order chi connectivity index (χ1) is 9.02. The van der Waals surface area contributed by atoms with Gasteiger partial charge in [-0.05, 0) is 24.1 Å². The number of carboxylic acids is 1. The Morgan fingerprint density at radius 3 is 2.79 bits per heavy atom. The molecule has 0 bridgehead atoms. The van der Waals surface area contributed by atoms with Gasteiger partial charge in [-0.1, -0.05) is 12.1 Å². The number of aromatic amines is 1. The van der Waals surface area contributed by atoms with Gasteiger partial charge in [0.1, 0.15) is 11.4 Å². The van der Waals surface area contributed by atoms with E-state index < -0.39 is 11.7 Å². The predicted molar refractivity (Wildman–Crippen MR) is 68.8 cm³/mol. The molecule has 0 fully saturated rings. The molecule has 0 aliphatic carbocycles. The first-order valence-electron chi connectivity index (χ1n) is 5.68. The summed E-state index contributed by atoms with van der Waals surface area (Å²) in [6.45, 7) is 2.09. The normalized spacial score (nSPS) is 10.4.